The third kappa shape index (κ3) is 2.83. The normalized spacial score (nSPS) is 22.3. The minimum absolute atomic E-state index is 0.539. The average molecular weight is 325 g/mol. The summed E-state index contributed by atoms with van der Waals surface area (Å²) in [6, 6.07) is 6.03. The van der Waals surface area contributed by atoms with Crippen LogP contribution in [0.15, 0.2) is 18.2 Å². The number of thioether (sulfide) groups is 1. The Morgan fingerprint density at radius 1 is 1.24 bits per heavy atom. The minimum atomic E-state index is -0.704. The molecule has 2 aliphatic rings. The highest BCUT2D eigenvalue weighted by Gasteiger charge is 2.43. The van der Waals surface area contributed by atoms with E-state index in [4.69, 9.17) is 11.6 Å². The fraction of sp³-hybridized carbons (Fsp3) is 0.588. The van der Waals surface area contributed by atoms with E-state index in [2.05, 4.69) is 6.07 Å². The maximum Gasteiger partial charge on any atom is 0.314 e. The summed E-state index contributed by atoms with van der Waals surface area (Å²) in [5, 5.41) is 10.4. The van der Waals surface area contributed by atoms with E-state index in [0.717, 1.165) is 36.3 Å². The molecule has 1 aliphatic heterocycles. The van der Waals surface area contributed by atoms with E-state index in [1.54, 1.807) is 0 Å². The van der Waals surface area contributed by atoms with Gasteiger partial charge in [0.1, 0.15) is 0 Å². The topological polar surface area (TPSA) is 37.3 Å². The fourth-order valence-corrected chi connectivity index (χ4v) is 5.21. The summed E-state index contributed by atoms with van der Waals surface area (Å²) in [7, 11) is 0. The first kappa shape index (κ1) is 15.2. The van der Waals surface area contributed by atoms with E-state index >= 15 is 0 Å². The van der Waals surface area contributed by atoms with Crippen LogP contribution in [0, 0.1) is 0 Å². The molecule has 21 heavy (non-hydrogen) atoms. The lowest BCUT2D eigenvalue weighted by Gasteiger charge is -2.27. The Bertz CT molecular complexity index is 532. The second-order valence-corrected chi connectivity index (χ2v) is 7.85. The second kappa shape index (κ2) is 6.21. The molecule has 0 unspecified atom stereocenters. The van der Waals surface area contributed by atoms with Crippen LogP contribution in [-0.2, 0) is 10.2 Å². The zero-order valence-electron chi connectivity index (χ0n) is 12.1. The number of halogens is 1. The van der Waals surface area contributed by atoms with Crippen molar-refractivity contribution in [2.24, 2.45) is 0 Å². The van der Waals surface area contributed by atoms with E-state index in [1.165, 1.54) is 29.9 Å². The van der Waals surface area contributed by atoms with Gasteiger partial charge in [-0.05, 0) is 60.3 Å². The number of aliphatic carboxylic acids is 1. The maximum absolute atomic E-state index is 11.8. The fourth-order valence-electron chi connectivity index (χ4n) is 3.77. The van der Waals surface area contributed by atoms with Crippen molar-refractivity contribution in [3.8, 4) is 0 Å². The molecule has 0 aromatic heterocycles. The van der Waals surface area contributed by atoms with Crippen LogP contribution in [0.2, 0.25) is 5.02 Å². The van der Waals surface area contributed by atoms with Crippen molar-refractivity contribution >= 4 is 29.3 Å². The second-order valence-electron chi connectivity index (χ2n) is 6.22. The molecule has 0 spiro atoms. The molecule has 0 radical (unpaired) electrons. The quantitative estimate of drug-likeness (QED) is 0.863. The zero-order valence-corrected chi connectivity index (χ0v) is 13.7. The summed E-state index contributed by atoms with van der Waals surface area (Å²) in [6.45, 7) is 0. The molecule has 1 aromatic carbocycles. The van der Waals surface area contributed by atoms with Crippen LogP contribution >= 0.6 is 23.4 Å². The largest absolute Gasteiger partial charge is 0.481 e. The van der Waals surface area contributed by atoms with E-state index in [-0.39, 0.29) is 0 Å². The molecule has 3 rings (SSSR count). The predicted octanol–water partition coefficient (Wildman–Crippen LogP) is 4.85. The number of carbonyl (C=O) groups is 1. The van der Waals surface area contributed by atoms with Gasteiger partial charge in [-0.3, -0.25) is 4.79 Å². The van der Waals surface area contributed by atoms with Gasteiger partial charge in [0.05, 0.1) is 5.41 Å². The average Bonchev–Trinajstić information content (AvgIpc) is 2.99. The Balaban J connectivity index is 1.91. The molecule has 1 aliphatic carbocycles. The first-order chi connectivity index (χ1) is 10.1. The summed E-state index contributed by atoms with van der Waals surface area (Å²) in [6.07, 6.45) is 5.80. The van der Waals surface area contributed by atoms with Gasteiger partial charge in [0.25, 0.3) is 0 Å². The van der Waals surface area contributed by atoms with Crippen molar-refractivity contribution in [2.45, 2.75) is 49.9 Å². The molecular formula is C17H21ClO2S. The Kier molecular flexibility index (Phi) is 4.51. The monoisotopic (exact) mass is 324 g/mol. The Labute approximate surface area is 135 Å². The van der Waals surface area contributed by atoms with Gasteiger partial charge < -0.3 is 5.11 Å². The number of benzene rings is 1. The highest BCUT2D eigenvalue weighted by molar-refractivity contribution is 7.99. The van der Waals surface area contributed by atoms with Crippen molar-refractivity contribution in [3.05, 3.63) is 34.3 Å². The molecule has 114 valence electrons. The van der Waals surface area contributed by atoms with Crippen LogP contribution < -0.4 is 0 Å². The van der Waals surface area contributed by atoms with Gasteiger partial charge in [-0.15, -0.1) is 0 Å². The molecule has 2 nitrogen and oxygen atoms in total. The molecule has 2 fully saturated rings. The maximum atomic E-state index is 11.8. The standard InChI is InChI=1S/C17H21ClO2S/c18-15-11-13(17(16(19)20)7-1-2-8-17)3-4-14(15)12-5-9-21-10-6-12/h3-4,11-12H,1-2,5-10H2,(H,19,20). The van der Waals surface area contributed by atoms with Gasteiger partial charge >= 0.3 is 5.97 Å². The highest BCUT2D eigenvalue weighted by atomic mass is 35.5. The van der Waals surface area contributed by atoms with Crippen LogP contribution in [0.3, 0.4) is 0 Å². The molecule has 4 heteroatoms. The Hall–Kier alpha value is -0.670. The number of carboxylic acids is 1. The van der Waals surface area contributed by atoms with Crippen molar-refractivity contribution < 1.29 is 9.90 Å². The number of hydrogen-bond donors (Lipinski definition) is 1. The Morgan fingerprint density at radius 3 is 2.48 bits per heavy atom. The molecule has 1 aromatic rings. The first-order valence-electron chi connectivity index (χ1n) is 7.74. The molecule has 1 saturated carbocycles. The lowest BCUT2D eigenvalue weighted by Crippen LogP contribution is -2.32. The van der Waals surface area contributed by atoms with Crippen LogP contribution in [-0.4, -0.2) is 22.6 Å². The molecule has 1 N–H and O–H groups in total. The smallest absolute Gasteiger partial charge is 0.314 e. The molecule has 1 saturated heterocycles. The molecular weight excluding hydrogens is 304 g/mol. The Morgan fingerprint density at radius 2 is 1.90 bits per heavy atom. The molecule has 0 amide bonds. The van der Waals surface area contributed by atoms with Crippen molar-refractivity contribution in [1.82, 2.24) is 0 Å². The summed E-state index contributed by atoms with van der Waals surface area (Å²) >= 11 is 8.51. The number of hydrogen-bond acceptors (Lipinski definition) is 2. The molecule has 0 bridgehead atoms. The number of carboxylic acid groups (broad SMARTS) is 1. The van der Waals surface area contributed by atoms with Gasteiger partial charge in [0.15, 0.2) is 0 Å². The van der Waals surface area contributed by atoms with Gasteiger partial charge in [0, 0.05) is 5.02 Å². The minimum Gasteiger partial charge on any atom is -0.481 e. The zero-order chi connectivity index (χ0) is 14.9. The summed E-state index contributed by atoms with van der Waals surface area (Å²) in [4.78, 5) is 11.8. The summed E-state index contributed by atoms with van der Waals surface area (Å²) in [5.41, 5.74) is 1.40. The number of rotatable bonds is 3. The molecule has 1 heterocycles. The van der Waals surface area contributed by atoms with Crippen LogP contribution in [0.25, 0.3) is 0 Å². The van der Waals surface area contributed by atoms with Crippen molar-refractivity contribution in [1.29, 1.82) is 0 Å². The summed E-state index contributed by atoms with van der Waals surface area (Å²) < 4.78 is 0. The van der Waals surface area contributed by atoms with Gasteiger partial charge in [0.2, 0.25) is 0 Å². The predicted molar refractivity (Wildman–Crippen MR) is 88.5 cm³/mol. The molecule has 0 atom stereocenters. The van der Waals surface area contributed by atoms with Crippen molar-refractivity contribution in [2.75, 3.05) is 11.5 Å². The lowest BCUT2D eigenvalue weighted by atomic mass is 9.78. The van der Waals surface area contributed by atoms with E-state index in [1.807, 2.05) is 23.9 Å². The lowest BCUT2D eigenvalue weighted by molar-refractivity contribution is -0.143. The van der Waals surface area contributed by atoms with E-state index < -0.39 is 11.4 Å². The SMILES string of the molecule is O=C(O)C1(c2ccc(C3CCSCC3)c(Cl)c2)CCCC1. The van der Waals surface area contributed by atoms with Crippen LogP contribution in [0.4, 0.5) is 0 Å². The van der Waals surface area contributed by atoms with Gasteiger partial charge in [-0.25, -0.2) is 0 Å². The van der Waals surface area contributed by atoms with Gasteiger partial charge in [-0.1, -0.05) is 36.6 Å². The van der Waals surface area contributed by atoms with E-state index in [0.29, 0.717) is 5.92 Å². The van der Waals surface area contributed by atoms with Crippen LogP contribution in [0.1, 0.15) is 55.6 Å². The highest BCUT2D eigenvalue weighted by Crippen LogP contribution is 2.44. The van der Waals surface area contributed by atoms with Crippen LogP contribution in [0.5, 0.6) is 0 Å². The third-order valence-corrected chi connectivity index (χ3v) is 6.46. The van der Waals surface area contributed by atoms with Gasteiger partial charge in [-0.2, -0.15) is 11.8 Å². The van der Waals surface area contributed by atoms with E-state index in [9.17, 15) is 9.90 Å². The van der Waals surface area contributed by atoms with Crippen molar-refractivity contribution in [3.63, 3.8) is 0 Å². The summed E-state index contributed by atoms with van der Waals surface area (Å²) in [5.74, 6) is 2.24. The first-order valence-corrected chi connectivity index (χ1v) is 9.28. The third-order valence-electron chi connectivity index (χ3n) is 5.08.